The summed E-state index contributed by atoms with van der Waals surface area (Å²) in [6.45, 7) is 6.55. The summed E-state index contributed by atoms with van der Waals surface area (Å²) in [6.07, 6.45) is 1.76. The summed E-state index contributed by atoms with van der Waals surface area (Å²) in [4.78, 5) is 4.42. The first kappa shape index (κ1) is 10.4. The second-order valence-electron chi connectivity index (χ2n) is 4.74. The van der Waals surface area contributed by atoms with Crippen LogP contribution >= 0.6 is 11.6 Å². The van der Waals surface area contributed by atoms with Crippen molar-refractivity contribution in [3.8, 4) is 0 Å². The van der Waals surface area contributed by atoms with Gasteiger partial charge in [0.2, 0.25) is 0 Å². The van der Waals surface area contributed by atoms with E-state index in [9.17, 15) is 0 Å². The number of halogens is 1. The predicted octanol–water partition coefficient (Wildman–Crippen LogP) is 4.19. The van der Waals surface area contributed by atoms with Gasteiger partial charge in [-0.3, -0.25) is 4.98 Å². The van der Waals surface area contributed by atoms with Crippen molar-refractivity contribution in [3.05, 3.63) is 41.0 Å². The van der Waals surface area contributed by atoms with Crippen molar-refractivity contribution < 1.29 is 0 Å². The van der Waals surface area contributed by atoms with Crippen molar-refractivity contribution in [1.82, 2.24) is 4.98 Å². The zero-order valence-electron chi connectivity index (χ0n) is 9.21. The number of benzene rings is 1. The van der Waals surface area contributed by atoms with Crippen LogP contribution in [0.25, 0.3) is 10.9 Å². The van der Waals surface area contributed by atoms with Gasteiger partial charge in [0.25, 0.3) is 0 Å². The maximum Gasteiger partial charge on any atom is 0.0754 e. The number of fused-ring (bicyclic) bond motifs is 1. The number of aromatic nitrogens is 1. The van der Waals surface area contributed by atoms with Crippen LogP contribution in [0.2, 0.25) is 5.02 Å². The Morgan fingerprint density at radius 2 is 1.87 bits per heavy atom. The van der Waals surface area contributed by atoms with E-state index < -0.39 is 0 Å². The maximum absolute atomic E-state index is 6.14. The highest BCUT2D eigenvalue weighted by molar-refractivity contribution is 6.35. The van der Waals surface area contributed by atoms with Crippen LogP contribution < -0.4 is 0 Å². The highest BCUT2D eigenvalue weighted by atomic mass is 35.5. The Hall–Kier alpha value is -1.08. The minimum absolute atomic E-state index is 0.0944. The van der Waals surface area contributed by atoms with E-state index in [2.05, 4.69) is 31.8 Å². The molecule has 15 heavy (non-hydrogen) atoms. The molecule has 0 atom stereocenters. The average molecular weight is 220 g/mol. The van der Waals surface area contributed by atoms with E-state index in [4.69, 9.17) is 11.6 Å². The van der Waals surface area contributed by atoms with Crippen LogP contribution in [0.15, 0.2) is 30.5 Å². The van der Waals surface area contributed by atoms with E-state index in [0.717, 1.165) is 15.9 Å². The first-order valence-corrected chi connectivity index (χ1v) is 5.41. The molecule has 0 N–H and O–H groups in total. The third kappa shape index (κ3) is 1.84. The molecule has 0 spiro atoms. The van der Waals surface area contributed by atoms with Crippen LogP contribution in [-0.4, -0.2) is 4.98 Å². The van der Waals surface area contributed by atoms with Crippen LogP contribution in [-0.2, 0) is 5.41 Å². The SMILES string of the molecule is CC(C)(C)c1cccc2c(Cl)ccnc12. The number of pyridine rings is 1. The van der Waals surface area contributed by atoms with E-state index in [0.29, 0.717) is 0 Å². The Labute approximate surface area is 95.1 Å². The van der Waals surface area contributed by atoms with Crippen molar-refractivity contribution in [2.45, 2.75) is 26.2 Å². The second-order valence-corrected chi connectivity index (χ2v) is 5.15. The van der Waals surface area contributed by atoms with Crippen LogP contribution in [0, 0.1) is 0 Å². The van der Waals surface area contributed by atoms with E-state index in [1.54, 1.807) is 6.20 Å². The molecule has 0 saturated heterocycles. The van der Waals surface area contributed by atoms with Crippen LogP contribution in [0.5, 0.6) is 0 Å². The van der Waals surface area contributed by atoms with Crippen LogP contribution in [0.1, 0.15) is 26.3 Å². The molecule has 1 nitrogen and oxygen atoms in total. The van der Waals surface area contributed by atoms with Crippen molar-refractivity contribution in [2.24, 2.45) is 0 Å². The number of hydrogen-bond acceptors (Lipinski definition) is 1. The molecule has 1 heterocycles. The lowest BCUT2D eigenvalue weighted by atomic mass is 9.85. The summed E-state index contributed by atoms with van der Waals surface area (Å²) < 4.78 is 0. The van der Waals surface area contributed by atoms with Gasteiger partial charge in [-0.25, -0.2) is 0 Å². The van der Waals surface area contributed by atoms with Gasteiger partial charge in [-0.05, 0) is 17.0 Å². The highest BCUT2D eigenvalue weighted by Crippen LogP contribution is 2.31. The topological polar surface area (TPSA) is 12.9 Å². The van der Waals surface area contributed by atoms with Crippen molar-refractivity contribution in [2.75, 3.05) is 0 Å². The Bertz CT molecular complexity index is 497. The van der Waals surface area contributed by atoms with E-state index in [-0.39, 0.29) is 5.41 Å². The van der Waals surface area contributed by atoms with Crippen molar-refractivity contribution >= 4 is 22.5 Å². The summed E-state index contributed by atoms with van der Waals surface area (Å²) in [6, 6.07) is 8.00. The normalized spacial score (nSPS) is 12.0. The molecule has 0 aliphatic rings. The van der Waals surface area contributed by atoms with Gasteiger partial charge in [-0.15, -0.1) is 0 Å². The van der Waals surface area contributed by atoms with Crippen molar-refractivity contribution in [1.29, 1.82) is 0 Å². The van der Waals surface area contributed by atoms with E-state index in [1.807, 2.05) is 18.2 Å². The fourth-order valence-corrected chi connectivity index (χ4v) is 1.96. The summed E-state index contributed by atoms with van der Waals surface area (Å²) in [7, 11) is 0. The minimum Gasteiger partial charge on any atom is -0.256 e. The molecule has 0 unspecified atom stereocenters. The molecule has 1 aromatic carbocycles. The highest BCUT2D eigenvalue weighted by Gasteiger charge is 2.17. The lowest BCUT2D eigenvalue weighted by molar-refractivity contribution is 0.594. The molecule has 2 heteroatoms. The molecule has 0 bridgehead atoms. The van der Waals surface area contributed by atoms with Gasteiger partial charge in [-0.2, -0.15) is 0 Å². The zero-order valence-corrected chi connectivity index (χ0v) is 9.97. The van der Waals surface area contributed by atoms with Gasteiger partial charge in [0.15, 0.2) is 0 Å². The second kappa shape index (κ2) is 3.49. The molecule has 0 aliphatic carbocycles. The first-order valence-electron chi connectivity index (χ1n) is 5.04. The standard InChI is InChI=1S/C13H14ClN/c1-13(2,3)10-6-4-5-9-11(14)7-8-15-12(9)10/h4-8H,1-3H3. The Morgan fingerprint density at radius 1 is 1.13 bits per heavy atom. The first-order chi connectivity index (χ1) is 7.00. The number of para-hydroxylation sites is 1. The largest absolute Gasteiger partial charge is 0.256 e. The lowest BCUT2D eigenvalue weighted by Gasteiger charge is -2.20. The molecule has 78 valence electrons. The molecule has 0 aliphatic heterocycles. The third-order valence-corrected chi connectivity index (χ3v) is 2.86. The fourth-order valence-electron chi connectivity index (χ4n) is 1.75. The number of hydrogen-bond donors (Lipinski definition) is 0. The third-order valence-electron chi connectivity index (χ3n) is 2.53. The molecule has 0 radical (unpaired) electrons. The number of rotatable bonds is 0. The Kier molecular flexibility index (Phi) is 2.43. The zero-order chi connectivity index (χ0) is 11.1. The van der Waals surface area contributed by atoms with Gasteiger partial charge in [-0.1, -0.05) is 50.6 Å². The van der Waals surface area contributed by atoms with E-state index in [1.165, 1.54) is 5.56 Å². The molecule has 0 amide bonds. The fraction of sp³-hybridized carbons (Fsp3) is 0.308. The molecule has 2 aromatic rings. The minimum atomic E-state index is 0.0944. The molecule has 0 fully saturated rings. The monoisotopic (exact) mass is 219 g/mol. The Balaban J connectivity index is 2.83. The summed E-state index contributed by atoms with van der Waals surface area (Å²) in [5.74, 6) is 0. The molecule has 1 aromatic heterocycles. The molecular formula is C13H14ClN. The average Bonchev–Trinajstić information content (AvgIpc) is 2.16. The molecule has 2 rings (SSSR count). The molecular weight excluding hydrogens is 206 g/mol. The summed E-state index contributed by atoms with van der Waals surface area (Å²) in [5.41, 5.74) is 2.34. The predicted molar refractivity (Wildman–Crippen MR) is 65.5 cm³/mol. The summed E-state index contributed by atoms with van der Waals surface area (Å²) >= 11 is 6.14. The van der Waals surface area contributed by atoms with Gasteiger partial charge in [0.1, 0.15) is 0 Å². The van der Waals surface area contributed by atoms with E-state index >= 15 is 0 Å². The van der Waals surface area contributed by atoms with Gasteiger partial charge >= 0.3 is 0 Å². The van der Waals surface area contributed by atoms with Crippen LogP contribution in [0.4, 0.5) is 0 Å². The van der Waals surface area contributed by atoms with Crippen LogP contribution in [0.3, 0.4) is 0 Å². The Morgan fingerprint density at radius 3 is 2.53 bits per heavy atom. The van der Waals surface area contributed by atoms with Gasteiger partial charge < -0.3 is 0 Å². The summed E-state index contributed by atoms with van der Waals surface area (Å²) in [5, 5.41) is 1.80. The maximum atomic E-state index is 6.14. The molecule has 0 saturated carbocycles. The smallest absolute Gasteiger partial charge is 0.0754 e. The lowest BCUT2D eigenvalue weighted by Crippen LogP contribution is -2.12. The van der Waals surface area contributed by atoms with Gasteiger partial charge in [0, 0.05) is 11.6 Å². The van der Waals surface area contributed by atoms with Gasteiger partial charge in [0.05, 0.1) is 10.5 Å². The quantitative estimate of drug-likeness (QED) is 0.648. The number of nitrogens with zero attached hydrogens (tertiary/aromatic N) is 1. The van der Waals surface area contributed by atoms with Crippen molar-refractivity contribution in [3.63, 3.8) is 0 Å².